The molecule has 1 aromatic heterocycles. The van der Waals surface area contributed by atoms with Crippen molar-refractivity contribution in [2.45, 2.75) is 58.2 Å². The van der Waals surface area contributed by atoms with E-state index in [9.17, 15) is 19.8 Å². The number of aliphatic hydroxyl groups is 2. The lowest BCUT2D eigenvalue weighted by molar-refractivity contribution is -0.284. The van der Waals surface area contributed by atoms with Gasteiger partial charge in [0.05, 0.1) is 11.7 Å². The van der Waals surface area contributed by atoms with Crippen molar-refractivity contribution in [1.29, 1.82) is 0 Å². The molecule has 1 aliphatic rings. The molecule has 7 heteroatoms. The van der Waals surface area contributed by atoms with Crippen LogP contribution in [0.1, 0.15) is 33.3 Å². The fourth-order valence-electron chi connectivity index (χ4n) is 3.17. The molecule has 1 aromatic carbocycles. The third-order valence-electron chi connectivity index (χ3n) is 5.13. The van der Waals surface area contributed by atoms with E-state index >= 15 is 0 Å². The third-order valence-corrected chi connectivity index (χ3v) is 5.13. The first-order valence-electron chi connectivity index (χ1n) is 8.85. The summed E-state index contributed by atoms with van der Waals surface area (Å²) in [7, 11) is 0. The van der Waals surface area contributed by atoms with E-state index < -0.39 is 29.7 Å². The number of hydrogen-bond donors (Lipinski definition) is 2. The number of Topliss-reactive ketones (excluding diaryl/α,β-unsaturated/α-hetero) is 1. The SMILES string of the molecule is CC(=O)Cc1cc2ccc(O[C@@H]3OC(C)(C)[C@H](C)[C@@H](O)C3O)cc2oc1=O. The zero-order chi connectivity index (χ0) is 19.9. The molecule has 0 aliphatic carbocycles. The van der Waals surface area contributed by atoms with Crippen LogP contribution >= 0.6 is 0 Å². The van der Waals surface area contributed by atoms with E-state index in [2.05, 4.69) is 0 Å². The molecule has 2 N–H and O–H groups in total. The van der Waals surface area contributed by atoms with E-state index in [-0.39, 0.29) is 18.1 Å². The van der Waals surface area contributed by atoms with Crippen LogP contribution < -0.4 is 10.4 Å². The minimum Gasteiger partial charge on any atom is -0.462 e. The first-order chi connectivity index (χ1) is 12.6. The number of hydrogen-bond acceptors (Lipinski definition) is 7. The van der Waals surface area contributed by atoms with Crippen LogP contribution in [-0.4, -0.2) is 40.1 Å². The number of fused-ring (bicyclic) bond motifs is 1. The molecular weight excluding hydrogens is 352 g/mol. The molecule has 1 aliphatic heterocycles. The summed E-state index contributed by atoms with van der Waals surface area (Å²) in [5.41, 5.74) is -0.667. The zero-order valence-corrected chi connectivity index (χ0v) is 15.8. The average Bonchev–Trinajstić information content (AvgIpc) is 2.58. The summed E-state index contributed by atoms with van der Waals surface area (Å²) in [5, 5.41) is 21.2. The number of benzene rings is 1. The van der Waals surface area contributed by atoms with E-state index in [0.29, 0.717) is 22.3 Å². The number of carbonyl (C=O) groups is 1. The first kappa shape index (κ1) is 19.5. The summed E-state index contributed by atoms with van der Waals surface area (Å²) in [6.07, 6.45) is -3.25. The van der Waals surface area contributed by atoms with Gasteiger partial charge in [-0.1, -0.05) is 6.92 Å². The number of ketones is 1. The van der Waals surface area contributed by atoms with E-state index in [0.717, 1.165) is 0 Å². The topological polar surface area (TPSA) is 106 Å². The molecule has 0 bridgehead atoms. The maximum Gasteiger partial charge on any atom is 0.339 e. The van der Waals surface area contributed by atoms with Crippen molar-refractivity contribution in [3.8, 4) is 5.75 Å². The van der Waals surface area contributed by atoms with Gasteiger partial charge >= 0.3 is 5.63 Å². The molecule has 2 heterocycles. The second-order valence-corrected chi connectivity index (χ2v) is 7.61. The molecule has 1 fully saturated rings. The Morgan fingerprint density at radius 3 is 2.59 bits per heavy atom. The normalized spacial score (nSPS) is 27.5. The molecule has 27 heavy (non-hydrogen) atoms. The van der Waals surface area contributed by atoms with Crippen LogP contribution in [0.2, 0.25) is 0 Å². The van der Waals surface area contributed by atoms with Crippen molar-refractivity contribution in [2.75, 3.05) is 0 Å². The van der Waals surface area contributed by atoms with Crippen molar-refractivity contribution in [2.24, 2.45) is 5.92 Å². The Hall–Kier alpha value is -2.22. The van der Waals surface area contributed by atoms with Crippen molar-refractivity contribution >= 4 is 16.8 Å². The van der Waals surface area contributed by atoms with Gasteiger partial charge in [0.1, 0.15) is 23.2 Å². The predicted octanol–water partition coefficient (Wildman–Crippen LogP) is 1.80. The van der Waals surface area contributed by atoms with Crippen molar-refractivity contribution in [1.82, 2.24) is 0 Å². The van der Waals surface area contributed by atoms with Gasteiger partial charge in [0.2, 0.25) is 6.29 Å². The molecule has 0 amide bonds. The minimum absolute atomic E-state index is 0.0176. The Balaban J connectivity index is 1.87. The van der Waals surface area contributed by atoms with Gasteiger partial charge in [-0.3, -0.25) is 4.79 Å². The minimum atomic E-state index is -1.21. The van der Waals surface area contributed by atoms with Gasteiger partial charge in [-0.25, -0.2) is 4.79 Å². The molecule has 3 rings (SSSR count). The first-order valence-corrected chi connectivity index (χ1v) is 8.85. The molecule has 146 valence electrons. The molecule has 0 radical (unpaired) electrons. The molecule has 0 spiro atoms. The Kier molecular flexibility index (Phi) is 5.12. The Labute approximate surface area is 156 Å². The Morgan fingerprint density at radius 1 is 1.22 bits per heavy atom. The summed E-state index contributed by atoms with van der Waals surface area (Å²) in [6, 6.07) is 6.47. The molecule has 7 nitrogen and oxygen atoms in total. The van der Waals surface area contributed by atoms with E-state index in [1.54, 1.807) is 25.1 Å². The Bertz CT molecular complexity index is 914. The van der Waals surface area contributed by atoms with Crippen molar-refractivity contribution in [3.05, 3.63) is 40.2 Å². The molecule has 4 atom stereocenters. The van der Waals surface area contributed by atoms with Crippen LogP contribution in [-0.2, 0) is 16.0 Å². The summed E-state index contributed by atoms with van der Waals surface area (Å²) in [5.74, 6) is -0.0753. The number of ether oxygens (including phenoxy) is 2. The zero-order valence-electron chi connectivity index (χ0n) is 15.8. The fourth-order valence-corrected chi connectivity index (χ4v) is 3.17. The van der Waals surface area contributed by atoms with Gasteiger partial charge in [-0.15, -0.1) is 0 Å². The highest BCUT2D eigenvalue weighted by Crippen LogP contribution is 2.35. The second-order valence-electron chi connectivity index (χ2n) is 7.61. The lowest BCUT2D eigenvalue weighted by atomic mass is 9.82. The lowest BCUT2D eigenvalue weighted by Crippen LogP contribution is -2.59. The highest BCUT2D eigenvalue weighted by Gasteiger charge is 2.47. The summed E-state index contributed by atoms with van der Waals surface area (Å²) in [4.78, 5) is 23.3. The van der Waals surface area contributed by atoms with Gasteiger partial charge in [0.15, 0.2) is 0 Å². The maximum absolute atomic E-state index is 12.0. The number of carbonyl (C=O) groups excluding carboxylic acids is 1. The molecular formula is C20H24O7. The highest BCUT2D eigenvalue weighted by atomic mass is 16.7. The Morgan fingerprint density at radius 2 is 1.93 bits per heavy atom. The summed E-state index contributed by atoms with van der Waals surface area (Å²) >= 11 is 0. The van der Waals surface area contributed by atoms with Gasteiger partial charge in [0.25, 0.3) is 0 Å². The molecule has 1 unspecified atom stereocenters. The van der Waals surface area contributed by atoms with E-state index in [1.807, 2.05) is 13.8 Å². The summed E-state index contributed by atoms with van der Waals surface area (Å²) in [6.45, 7) is 6.85. The van der Waals surface area contributed by atoms with E-state index in [1.165, 1.54) is 13.0 Å². The maximum atomic E-state index is 12.0. The standard InChI is InChI=1S/C20H24O7/c1-10(21)7-13-8-12-5-6-14(9-15(12)26-18(13)24)25-19-17(23)16(22)11(2)20(3,4)27-19/h5-6,8-9,11,16-17,19,22-23H,7H2,1-4H3/t11-,16-,17?,19-/m1/s1. The van der Waals surface area contributed by atoms with Gasteiger partial charge in [-0.05, 0) is 39.0 Å². The smallest absolute Gasteiger partial charge is 0.339 e. The third kappa shape index (κ3) is 3.90. The van der Waals surface area contributed by atoms with Gasteiger partial charge in [-0.2, -0.15) is 0 Å². The van der Waals surface area contributed by atoms with Gasteiger partial charge in [0, 0.05) is 29.4 Å². The van der Waals surface area contributed by atoms with E-state index in [4.69, 9.17) is 13.9 Å². The fraction of sp³-hybridized carbons (Fsp3) is 0.500. The molecule has 1 saturated heterocycles. The average molecular weight is 376 g/mol. The number of rotatable bonds is 4. The number of aliphatic hydroxyl groups excluding tert-OH is 2. The molecule has 0 saturated carbocycles. The largest absolute Gasteiger partial charge is 0.462 e. The quantitative estimate of drug-likeness (QED) is 0.784. The van der Waals surface area contributed by atoms with Crippen LogP contribution in [0.4, 0.5) is 0 Å². The monoisotopic (exact) mass is 376 g/mol. The van der Waals surface area contributed by atoms with Crippen LogP contribution in [0, 0.1) is 5.92 Å². The lowest BCUT2D eigenvalue weighted by Gasteiger charge is -2.46. The van der Waals surface area contributed by atoms with Crippen LogP contribution in [0.5, 0.6) is 5.75 Å². The summed E-state index contributed by atoms with van der Waals surface area (Å²) < 4.78 is 16.8. The van der Waals surface area contributed by atoms with Crippen LogP contribution in [0.25, 0.3) is 11.0 Å². The second kappa shape index (κ2) is 7.07. The van der Waals surface area contributed by atoms with Gasteiger partial charge < -0.3 is 24.1 Å². The van der Waals surface area contributed by atoms with Crippen LogP contribution in [0.15, 0.2) is 33.5 Å². The van der Waals surface area contributed by atoms with Crippen molar-refractivity contribution in [3.63, 3.8) is 0 Å². The van der Waals surface area contributed by atoms with Crippen LogP contribution in [0.3, 0.4) is 0 Å². The van der Waals surface area contributed by atoms with Crippen molar-refractivity contribution < 1.29 is 28.9 Å². The predicted molar refractivity (Wildman–Crippen MR) is 97.6 cm³/mol. The highest BCUT2D eigenvalue weighted by molar-refractivity contribution is 5.82. The molecule has 2 aromatic rings.